The molecule has 2 spiro atoms. The van der Waals surface area contributed by atoms with Crippen molar-refractivity contribution < 1.29 is 32.2 Å². The first-order valence-electron chi connectivity index (χ1n) is 22.7. The zero-order valence-electron chi connectivity index (χ0n) is 38.0. The van der Waals surface area contributed by atoms with Crippen LogP contribution in [0.2, 0.25) is 0 Å². The van der Waals surface area contributed by atoms with Crippen molar-refractivity contribution >= 4 is 37.7 Å². The molecular formula is C47H67N7O7S2. The van der Waals surface area contributed by atoms with Crippen LogP contribution in [-0.2, 0) is 33.6 Å². The summed E-state index contributed by atoms with van der Waals surface area (Å²) in [6, 6.07) is 7.88. The Labute approximate surface area is 377 Å². The molecule has 2 aliphatic carbocycles. The summed E-state index contributed by atoms with van der Waals surface area (Å²) in [5.41, 5.74) is 19.1. The number of hydrogen-bond acceptors (Lipinski definition) is 11. The first-order chi connectivity index (χ1) is 29.9. The Bertz CT molecular complexity index is 2140. The first-order valence-corrected chi connectivity index (χ1v) is 25.2. The third-order valence-corrected chi connectivity index (χ3v) is 16.3. The Morgan fingerprint density at radius 1 is 0.810 bits per heavy atom. The van der Waals surface area contributed by atoms with E-state index in [1.165, 1.54) is 16.9 Å². The molecule has 2 saturated carbocycles. The van der Waals surface area contributed by atoms with E-state index in [1.54, 1.807) is 0 Å². The molecular weight excluding hydrogens is 839 g/mol. The predicted molar refractivity (Wildman–Crippen MR) is 247 cm³/mol. The number of para-hydroxylation sites is 1. The molecule has 344 valence electrons. The van der Waals surface area contributed by atoms with Gasteiger partial charge in [0, 0.05) is 47.6 Å². The monoisotopic (exact) mass is 905 g/mol. The van der Waals surface area contributed by atoms with E-state index in [0.717, 1.165) is 118 Å². The zero-order chi connectivity index (χ0) is 45.3. The largest absolute Gasteiger partial charge is 0.371 e. The highest BCUT2D eigenvalue weighted by Crippen LogP contribution is 2.47. The number of aldehydes is 1. The number of hydrogen-bond donors (Lipinski definition) is 0. The number of azide groups is 2. The molecule has 14 nitrogen and oxygen atoms in total. The van der Waals surface area contributed by atoms with Crippen LogP contribution in [0.15, 0.2) is 74.3 Å². The van der Waals surface area contributed by atoms with Crippen LogP contribution >= 0.6 is 11.3 Å². The number of carbonyl (C=O) groups is 1. The molecule has 5 heterocycles. The van der Waals surface area contributed by atoms with Crippen LogP contribution in [0.5, 0.6) is 0 Å². The van der Waals surface area contributed by atoms with E-state index in [2.05, 4.69) is 64.0 Å². The molecule has 8 rings (SSSR count). The summed E-state index contributed by atoms with van der Waals surface area (Å²) in [6.07, 6.45) is 23.5. The average molecular weight is 906 g/mol. The number of allylic oxidation sites excluding steroid dienone is 5. The minimum absolute atomic E-state index is 0.0403. The Balaban J connectivity index is 0.000000163. The van der Waals surface area contributed by atoms with Gasteiger partial charge in [0.05, 0.1) is 63.8 Å². The van der Waals surface area contributed by atoms with Gasteiger partial charge in [-0.3, -0.25) is 4.79 Å². The summed E-state index contributed by atoms with van der Waals surface area (Å²) in [5.74, 6) is 1.34. The van der Waals surface area contributed by atoms with E-state index >= 15 is 0 Å². The summed E-state index contributed by atoms with van der Waals surface area (Å²) in [7, 11) is -3.47. The van der Waals surface area contributed by atoms with Crippen molar-refractivity contribution in [3.63, 3.8) is 0 Å². The minimum atomic E-state index is -3.47. The van der Waals surface area contributed by atoms with Gasteiger partial charge in [0.25, 0.3) is 0 Å². The molecule has 0 radical (unpaired) electrons. The van der Waals surface area contributed by atoms with Crippen molar-refractivity contribution in [3.8, 4) is 0 Å². The normalized spacial score (nSPS) is 32.3. The number of aromatic nitrogens is 1. The van der Waals surface area contributed by atoms with E-state index in [-0.39, 0.29) is 56.8 Å². The van der Waals surface area contributed by atoms with Crippen molar-refractivity contribution in [2.45, 2.75) is 182 Å². The molecule has 63 heavy (non-hydrogen) atoms. The summed E-state index contributed by atoms with van der Waals surface area (Å²) in [6.45, 7) is 13.9. The highest BCUT2D eigenvalue weighted by atomic mass is 32.2. The third kappa shape index (κ3) is 15.0. The smallest absolute Gasteiger partial charge is 0.210 e. The fraction of sp³-hybridized carbons (Fsp3) is 0.702. The highest BCUT2D eigenvalue weighted by molar-refractivity contribution is 7.93. The number of nitrogens with zero attached hydrogens (tertiary/aromatic N) is 7. The van der Waals surface area contributed by atoms with Crippen molar-refractivity contribution in [3.05, 3.63) is 80.6 Å². The van der Waals surface area contributed by atoms with Gasteiger partial charge in [-0.2, -0.15) is 0 Å². The molecule has 0 amide bonds. The van der Waals surface area contributed by atoms with Gasteiger partial charge in [-0.05, 0) is 146 Å². The summed E-state index contributed by atoms with van der Waals surface area (Å²) in [4.78, 5) is 20.4. The van der Waals surface area contributed by atoms with Gasteiger partial charge in [-0.1, -0.05) is 52.2 Å². The van der Waals surface area contributed by atoms with Gasteiger partial charge >= 0.3 is 0 Å². The molecule has 1 aromatic heterocycles. The quantitative estimate of drug-likeness (QED) is 0.0380. The molecule has 6 fully saturated rings. The number of benzene rings is 1. The summed E-state index contributed by atoms with van der Waals surface area (Å²) < 4.78 is 50.0. The van der Waals surface area contributed by atoms with Crippen LogP contribution in [0.25, 0.3) is 31.1 Å². The molecule has 2 aromatic rings. The van der Waals surface area contributed by atoms with E-state index in [0.29, 0.717) is 18.9 Å². The molecule has 4 saturated heterocycles. The molecule has 4 aliphatic heterocycles. The van der Waals surface area contributed by atoms with E-state index in [4.69, 9.17) is 30.0 Å². The zero-order valence-corrected chi connectivity index (χ0v) is 39.6. The van der Waals surface area contributed by atoms with Crippen molar-refractivity contribution in [1.82, 2.24) is 4.98 Å². The lowest BCUT2D eigenvalue weighted by Crippen LogP contribution is -2.46. The van der Waals surface area contributed by atoms with Gasteiger partial charge in [-0.25, -0.2) is 13.4 Å². The second-order valence-corrected chi connectivity index (χ2v) is 23.2. The maximum atomic E-state index is 12.7. The fourth-order valence-electron chi connectivity index (χ4n) is 9.87. The third-order valence-electron chi connectivity index (χ3n) is 13.0. The van der Waals surface area contributed by atoms with Crippen LogP contribution < -0.4 is 0 Å². The number of carbonyl (C=O) groups excluding carboxylic acids is 1. The second-order valence-electron chi connectivity index (χ2n) is 20.0. The molecule has 1 aromatic carbocycles. The van der Waals surface area contributed by atoms with Gasteiger partial charge in [0.15, 0.2) is 0 Å². The number of ether oxygens (including phenoxy) is 4. The maximum Gasteiger partial charge on any atom is 0.210 e. The average Bonchev–Trinajstić information content (AvgIpc) is 4.11. The number of rotatable bonds is 12. The van der Waals surface area contributed by atoms with Crippen LogP contribution in [-0.4, -0.2) is 85.4 Å². The number of thiazole rings is 1. The van der Waals surface area contributed by atoms with E-state index < -0.39 is 9.84 Å². The second kappa shape index (κ2) is 21.1. The van der Waals surface area contributed by atoms with Crippen LogP contribution in [0.1, 0.15) is 131 Å². The lowest BCUT2D eigenvalue weighted by molar-refractivity contribution is -0.121. The molecule has 4 atom stereocenters. The van der Waals surface area contributed by atoms with Crippen molar-refractivity contribution in [2.24, 2.45) is 22.1 Å². The standard InChI is InChI=1S/C20H31N3O2.C16H19NO4S2.C11H17N3O/c1-15(4-6-16-7-9-17(10-8-16)22-23-21)5-11-18-12-20(14-24-20)13-19(2,3)25-18;1-15(2)9-16(10-20-16)7-11(21-15)8-23(18,19)14-17-12-5-3-4-6-13(12)22-14;1-9(8-15)2-3-10-4-6-11(7-5-10)13-14-12/h4-5,11,16-18H,6-10,12-14H2,1-3H3;3-6,11H,7-10H2,1-2H3;2,8,10-11H,3-7H2,1H3/b11-5+,15-4+;;9-2+. The number of fused-ring (bicyclic) bond motifs is 1. The predicted octanol–water partition coefficient (Wildman–Crippen LogP) is 11.7. The van der Waals surface area contributed by atoms with Gasteiger partial charge < -0.3 is 18.9 Å². The lowest BCUT2D eigenvalue weighted by Gasteiger charge is -2.39. The molecule has 4 unspecified atom stereocenters. The van der Waals surface area contributed by atoms with Gasteiger partial charge in [0.1, 0.15) is 6.29 Å². The summed E-state index contributed by atoms with van der Waals surface area (Å²) in [5, 5.41) is 7.59. The molecule has 6 aliphatic rings. The van der Waals surface area contributed by atoms with E-state index in [1.807, 2.05) is 51.1 Å². The highest BCUT2D eigenvalue weighted by Gasteiger charge is 2.55. The Kier molecular flexibility index (Phi) is 16.4. The SMILES string of the molecule is C/C(C=O)=C\CC1CCC(N=[N+]=[N-])CC1.CC(/C=C/C1CC2(CO2)CC(C)(C)O1)=C\CC1CCC(N=[N+]=[N-])CC1.CC1(C)CC2(CO2)CC(CS(=O)(=O)c2nc3ccccc3s2)O1. The fourth-order valence-corrected chi connectivity index (χ4v) is 12.6. The Morgan fingerprint density at radius 2 is 1.33 bits per heavy atom. The maximum absolute atomic E-state index is 12.7. The van der Waals surface area contributed by atoms with Gasteiger partial charge in [-0.15, -0.1) is 11.3 Å². The van der Waals surface area contributed by atoms with Crippen molar-refractivity contribution in [2.75, 3.05) is 19.0 Å². The molecule has 0 N–H and O–H groups in total. The Hall–Kier alpha value is -3.59. The molecule has 0 bridgehead atoms. The first kappa shape index (κ1) is 48.9. The number of sulfone groups is 1. The van der Waals surface area contributed by atoms with Crippen molar-refractivity contribution in [1.29, 1.82) is 0 Å². The van der Waals surface area contributed by atoms with Gasteiger partial charge in [0.2, 0.25) is 14.2 Å². The Morgan fingerprint density at radius 3 is 1.86 bits per heavy atom. The number of epoxide rings is 2. The van der Waals surface area contributed by atoms with Crippen LogP contribution in [0.3, 0.4) is 0 Å². The molecule has 16 heteroatoms. The topological polar surface area (TPSA) is 205 Å². The lowest BCUT2D eigenvalue weighted by atomic mass is 9.84. The van der Waals surface area contributed by atoms with Crippen LogP contribution in [0, 0.1) is 11.8 Å². The summed E-state index contributed by atoms with van der Waals surface area (Å²) >= 11 is 1.22. The minimum Gasteiger partial charge on any atom is -0.371 e. The van der Waals surface area contributed by atoms with E-state index in [9.17, 15) is 13.2 Å². The van der Waals surface area contributed by atoms with Crippen LogP contribution in [0.4, 0.5) is 0 Å².